The van der Waals surface area contributed by atoms with E-state index in [-0.39, 0.29) is 5.92 Å². The van der Waals surface area contributed by atoms with Crippen molar-refractivity contribution in [2.75, 3.05) is 0 Å². The summed E-state index contributed by atoms with van der Waals surface area (Å²) in [6.45, 7) is 0. The summed E-state index contributed by atoms with van der Waals surface area (Å²) < 4.78 is 0. The molecular formula is C10H14O2. The van der Waals surface area contributed by atoms with E-state index in [1.165, 1.54) is 0 Å². The topological polar surface area (TPSA) is 37.3 Å². The molecule has 0 unspecified atom stereocenters. The van der Waals surface area contributed by atoms with Gasteiger partial charge in [0.15, 0.2) is 0 Å². The number of hydrogen-bond donors (Lipinski definition) is 1. The maximum absolute atomic E-state index is 10.7. The zero-order valence-electron chi connectivity index (χ0n) is 7.07. The molecule has 0 spiro atoms. The van der Waals surface area contributed by atoms with Crippen LogP contribution in [-0.4, -0.2) is 11.1 Å². The average molecular weight is 166 g/mol. The van der Waals surface area contributed by atoms with Gasteiger partial charge in [-0.25, -0.2) is 0 Å². The number of allylic oxidation sites excluding steroid dienone is 2. The van der Waals surface area contributed by atoms with Crippen LogP contribution in [0.3, 0.4) is 0 Å². The van der Waals surface area contributed by atoms with E-state index in [2.05, 4.69) is 12.2 Å². The molecule has 2 rings (SSSR count). The van der Waals surface area contributed by atoms with Gasteiger partial charge in [0, 0.05) is 0 Å². The van der Waals surface area contributed by atoms with Gasteiger partial charge < -0.3 is 5.11 Å². The maximum Gasteiger partial charge on any atom is 0.306 e. The first-order valence-electron chi connectivity index (χ1n) is 4.65. The highest BCUT2D eigenvalue weighted by Crippen LogP contribution is 2.42. The third-order valence-electron chi connectivity index (χ3n) is 3.23. The minimum atomic E-state index is -0.593. The zero-order valence-corrected chi connectivity index (χ0v) is 7.07. The Bertz CT molecular complexity index is 204. The number of carbonyl (C=O) groups is 1. The Hall–Kier alpha value is -0.790. The van der Waals surface area contributed by atoms with Crippen LogP contribution in [0.2, 0.25) is 0 Å². The molecule has 1 saturated carbocycles. The molecule has 0 aliphatic heterocycles. The van der Waals surface area contributed by atoms with Crippen LogP contribution in [0.1, 0.15) is 25.7 Å². The van der Waals surface area contributed by atoms with Crippen molar-refractivity contribution in [1.29, 1.82) is 0 Å². The van der Waals surface area contributed by atoms with Crippen molar-refractivity contribution in [2.24, 2.45) is 17.8 Å². The highest BCUT2D eigenvalue weighted by Gasteiger charge is 2.37. The van der Waals surface area contributed by atoms with Gasteiger partial charge in [-0.2, -0.15) is 0 Å². The molecule has 2 aliphatic rings. The number of aliphatic carboxylic acids is 1. The Balaban J connectivity index is 2.02. The van der Waals surface area contributed by atoms with Gasteiger partial charge in [0.1, 0.15) is 0 Å². The molecule has 2 atom stereocenters. The first-order chi connectivity index (χ1) is 5.77. The van der Waals surface area contributed by atoms with Crippen molar-refractivity contribution in [2.45, 2.75) is 25.7 Å². The van der Waals surface area contributed by atoms with Gasteiger partial charge >= 0.3 is 5.97 Å². The summed E-state index contributed by atoms with van der Waals surface area (Å²) in [6, 6.07) is 0. The van der Waals surface area contributed by atoms with Crippen LogP contribution < -0.4 is 0 Å². The fraction of sp³-hybridized carbons (Fsp3) is 0.700. The number of carboxylic acid groups (broad SMARTS) is 1. The van der Waals surface area contributed by atoms with Crippen LogP contribution >= 0.6 is 0 Å². The molecule has 0 aromatic rings. The monoisotopic (exact) mass is 166 g/mol. The van der Waals surface area contributed by atoms with Crippen LogP contribution in [0.4, 0.5) is 0 Å². The molecule has 0 radical (unpaired) electrons. The summed E-state index contributed by atoms with van der Waals surface area (Å²) >= 11 is 0. The number of carboxylic acids is 1. The second-order valence-electron chi connectivity index (χ2n) is 3.97. The number of fused-ring (bicyclic) bond motifs is 1. The molecule has 0 aromatic carbocycles. The molecule has 0 amide bonds. The lowest BCUT2D eigenvalue weighted by atomic mass is 9.86. The van der Waals surface area contributed by atoms with Gasteiger partial charge in [-0.15, -0.1) is 0 Å². The normalized spacial score (nSPS) is 35.0. The minimum absolute atomic E-state index is 0.0556. The van der Waals surface area contributed by atoms with Gasteiger partial charge in [-0.3, -0.25) is 4.79 Å². The lowest BCUT2D eigenvalue weighted by molar-refractivity contribution is -0.141. The second kappa shape index (κ2) is 2.92. The smallest absolute Gasteiger partial charge is 0.306 e. The van der Waals surface area contributed by atoms with Crippen LogP contribution in [0, 0.1) is 17.8 Å². The molecule has 1 fully saturated rings. The Morgan fingerprint density at radius 2 is 1.67 bits per heavy atom. The third kappa shape index (κ3) is 1.26. The number of rotatable bonds is 1. The van der Waals surface area contributed by atoms with Crippen molar-refractivity contribution in [1.82, 2.24) is 0 Å². The van der Waals surface area contributed by atoms with Crippen LogP contribution in [-0.2, 0) is 4.79 Å². The second-order valence-corrected chi connectivity index (χ2v) is 3.97. The molecule has 66 valence electrons. The highest BCUT2D eigenvalue weighted by atomic mass is 16.4. The van der Waals surface area contributed by atoms with E-state index < -0.39 is 5.97 Å². The highest BCUT2D eigenvalue weighted by molar-refractivity contribution is 5.70. The van der Waals surface area contributed by atoms with Gasteiger partial charge in [0.25, 0.3) is 0 Å². The van der Waals surface area contributed by atoms with Crippen molar-refractivity contribution >= 4 is 5.97 Å². The van der Waals surface area contributed by atoms with Gasteiger partial charge in [0.05, 0.1) is 5.92 Å². The first-order valence-corrected chi connectivity index (χ1v) is 4.65. The Morgan fingerprint density at radius 1 is 1.17 bits per heavy atom. The van der Waals surface area contributed by atoms with E-state index in [9.17, 15) is 4.79 Å². The molecule has 2 heteroatoms. The summed E-state index contributed by atoms with van der Waals surface area (Å²) in [5.41, 5.74) is 0. The van der Waals surface area contributed by atoms with Gasteiger partial charge in [-0.1, -0.05) is 12.2 Å². The van der Waals surface area contributed by atoms with E-state index in [0.29, 0.717) is 11.8 Å². The Labute approximate surface area is 72.3 Å². The van der Waals surface area contributed by atoms with E-state index >= 15 is 0 Å². The average Bonchev–Trinajstić information content (AvgIpc) is 2.46. The first kappa shape index (κ1) is 7.84. The summed E-state index contributed by atoms with van der Waals surface area (Å²) in [5, 5.41) is 8.84. The fourth-order valence-electron chi connectivity index (χ4n) is 2.53. The lowest BCUT2D eigenvalue weighted by Crippen LogP contribution is -2.09. The Kier molecular flexibility index (Phi) is 1.91. The lowest BCUT2D eigenvalue weighted by Gasteiger charge is -2.19. The van der Waals surface area contributed by atoms with Gasteiger partial charge in [-0.05, 0) is 37.5 Å². The van der Waals surface area contributed by atoms with E-state index in [4.69, 9.17) is 5.11 Å². The van der Waals surface area contributed by atoms with E-state index in [0.717, 1.165) is 25.7 Å². The van der Waals surface area contributed by atoms with E-state index in [1.54, 1.807) is 0 Å². The van der Waals surface area contributed by atoms with Crippen LogP contribution in [0.15, 0.2) is 12.2 Å². The standard InChI is InChI=1S/C10H14O2/c11-10(12)9-5-7-3-1-2-4-8(7)6-9/h1-2,7-9H,3-6H2,(H,11,12)/t7-,8-/m1/s1. The minimum Gasteiger partial charge on any atom is -0.481 e. The van der Waals surface area contributed by atoms with Crippen molar-refractivity contribution in [3.8, 4) is 0 Å². The Morgan fingerprint density at radius 3 is 2.08 bits per heavy atom. The molecule has 0 heterocycles. The molecule has 1 N–H and O–H groups in total. The predicted molar refractivity (Wildman–Crippen MR) is 45.7 cm³/mol. The molecular weight excluding hydrogens is 152 g/mol. The third-order valence-corrected chi connectivity index (χ3v) is 3.23. The van der Waals surface area contributed by atoms with E-state index in [1.807, 2.05) is 0 Å². The summed E-state index contributed by atoms with van der Waals surface area (Å²) in [4.78, 5) is 10.7. The molecule has 12 heavy (non-hydrogen) atoms. The largest absolute Gasteiger partial charge is 0.481 e. The predicted octanol–water partition coefficient (Wildman–Crippen LogP) is 2.06. The molecule has 0 aromatic heterocycles. The molecule has 0 saturated heterocycles. The van der Waals surface area contributed by atoms with Gasteiger partial charge in [0.2, 0.25) is 0 Å². The van der Waals surface area contributed by atoms with Crippen molar-refractivity contribution in [3.05, 3.63) is 12.2 Å². The summed E-state index contributed by atoms with van der Waals surface area (Å²) in [5.74, 6) is 0.677. The van der Waals surface area contributed by atoms with Crippen LogP contribution in [0.25, 0.3) is 0 Å². The summed E-state index contributed by atoms with van der Waals surface area (Å²) in [6.07, 6.45) is 8.42. The quantitative estimate of drug-likeness (QED) is 0.605. The summed E-state index contributed by atoms with van der Waals surface area (Å²) in [7, 11) is 0. The maximum atomic E-state index is 10.7. The fourth-order valence-corrected chi connectivity index (χ4v) is 2.53. The van der Waals surface area contributed by atoms with Crippen molar-refractivity contribution < 1.29 is 9.90 Å². The van der Waals surface area contributed by atoms with Crippen LogP contribution in [0.5, 0.6) is 0 Å². The molecule has 2 nitrogen and oxygen atoms in total. The SMILES string of the molecule is O=C(O)C1C[C@H]2CC=CC[C@@H]2C1. The molecule has 0 bridgehead atoms. The molecule has 2 aliphatic carbocycles. The zero-order chi connectivity index (χ0) is 8.55. The van der Waals surface area contributed by atoms with Crippen molar-refractivity contribution in [3.63, 3.8) is 0 Å². The number of hydrogen-bond acceptors (Lipinski definition) is 1.